The molecule has 0 spiro atoms. The van der Waals surface area contributed by atoms with E-state index in [1.54, 1.807) is 6.92 Å². The number of rotatable bonds is 6. The minimum atomic E-state index is 0.118. The van der Waals surface area contributed by atoms with Crippen LogP contribution in [0.1, 0.15) is 42.1 Å². The Kier molecular flexibility index (Phi) is 5.05. The molecule has 0 aliphatic heterocycles. The number of aryl methyl sites for hydroxylation is 1. The predicted octanol–water partition coefficient (Wildman–Crippen LogP) is 2.59. The maximum absolute atomic E-state index is 11.1. The molecule has 0 radical (unpaired) electrons. The minimum absolute atomic E-state index is 0.118. The van der Waals surface area contributed by atoms with Gasteiger partial charge in [0.2, 0.25) is 0 Å². The number of Topliss-reactive ketones (excluding diaryl/α,β-unsaturated/α-hetero) is 1. The fourth-order valence-corrected chi connectivity index (χ4v) is 1.56. The molecular formula is C13H18O2. The van der Waals surface area contributed by atoms with Crippen LogP contribution in [0.15, 0.2) is 24.3 Å². The first-order valence-electron chi connectivity index (χ1n) is 5.45. The summed E-state index contributed by atoms with van der Waals surface area (Å²) in [5, 5.41) is 8.64. The van der Waals surface area contributed by atoms with E-state index in [0.29, 0.717) is 0 Å². The SMILES string of the molecule is CC(=O)c1cccc(CCCCCO)c1. The maximum Gasteiger partial charge on any atom is 0.159 e. The average molecular weight is 206 g/mol. The Labute approximate surface area is 90.9 Å². The van der Waals surface area contributed by atoms with Crippen molar-refractivity contribution in [3.8, 4) is 0 Å². The average Bonchev–Trinajstić information content (AvgIpc) is 2.25. The first kappa shape index (κ1) is 11.9. The Morgan fingerprint density at radius 1 is 1.27 bits per heavy atom. The van der Waals surface area contributed by atoms with Crippen molar-refractivity contribution in [2.75, 3.05) is 6.61 Å². The molecule has 1 aromatic rings. The van der Waals surface area contributed by atoms with Gasteiger partial charge in [0.15, 0.2) is 5.78 Å². The van der Waals surface area contributed by atoms with Gasteiger partial charge in [-0.2, -0.15) is 0 Å². The second-order valence-corrected chi connectivity index (χ2v) is 3.79. The third kappa shape index (κ3) is 4.26. The number of aliphatic hydroxyl groups excluding tert-OH is 1. The summed E-state index contributed by atoms with van der Waals surface area (Å²) in [6.45, 7) is 1.86. The highest BCUT2D eigenvalue weighted by molar-refractivity contribution is 5.94. The molecule has 1 aromatic carbocycles. The monoisotopic (exact) mass is 206 g/mol. The summed E-state index contributed by atoms with van der Waals surface area (Å²) < 4.78 is 0. The summed E-state index contributed by atoms with van der Waals surface area (Å²) in [4.78, 5) is 11.1. The molecular weight excluding hydrogens is 188 g/mol. The lowest BCUT2D eigenvalue weighted by molar-refractivity contribution is 0.101. The first-order chi connectivity index (χ1) is 7.24. The molecule has 82 valence electrons. The molecule has 1 rings (SSSR count). The largest absolute Gasteiger partial charge is 0.396 e. The third-order valence-corrected chi connectivity index (χ3v) is 2.46. The summed E-state index contributed by atoms with van der Waals surface area (Å²) in [5.41, 5.74) is 2.00. The van der Waals surface area contributed by atoms with Gasteiger partial charge >= 0.3 is 0 Å². The van der Waals surface area contributed by atoms with E-state index in [2.05, 4.69) is 0 Å². The van der Waals surface area contributed by atoms with Gasteiger partial charge in [0.25, 0.3) is 0 Å². The van der Waals surface area contributed by atoms with Crippen molar-refractivity contribution < 1.29 is 9.90 Å². The normalized spacial score (nSPS) is 10.3. The molecule has 0 heterocycles. The van der Waals surface area contributed by atoms with Crippen LogP contribution in [0.4, 0.5) is 0 Å². The van der Waals surface area contributed by atoms with E-state index in [4.69, 9.17) is 5.11 Å². The van der Waals surface area contributed by atoms with Crippen LogP contribution >= 0.6 is 0 Å². The van der Waals surface area contributed by atoms with Crippen LogP contribution < -0.4 is 0 Å². The van der Waals surface area contributed by atoms with Gasteiger partial charge in [-0.1, -0.05) is 24.6 Å². The van der Waals surface area contributed by atoms with Gasteiger partial charge in [-0.25, -0.2) is 0 Å². The second kappa shape index (κ2) is 6.36. The lowest BCUT2D eigenvalue weighted by Crippen LogP contribution is -1.94. The molecule has 0 amide bonds. The van der Waals surface area contributed by atoms with Gasteiger partial charge < -0.3 is 5.11 Å². The lowest BCUT2D eigenvalue weighted by Gasteiger charge is -2.02. The molecule has 1 N–H and O–H groups in total. The molecule has 0 fully saturated rings. The summed E-state index contributed by atoms with van der Waals surface area (Å²) in [6, 6.07) is 7.78. The third-order valence-electron chi connectivity index (χ3n) is 2.46. The van der Waals surface area contributed by atoms with Gasteiger partial charge in [0, 0.05) is 12.2 Å². The Hall–Kier alpha value is -1.15. The Morgan fingerprint density at radius 3 is 2.73 bits per heavy atom. The summed E-state index contributed by atoms with van der Waals surface area (Å²) in [6.07, 6.45) is 3.97. The maximum atomic E-state index is 11.1. The van der Waals surface area contributed by atoms with E-state index in [-0.39, 0.29) is 12.4 Å². The van der Waals surface area contributed by atoms with Crippen LogP contribution in [0.25, 0.3) is 0 Å². The summed E-state index contributed by atoms with van der Waals surface area (Å²) in [5.74, 6) is 0.118. The Balaban J connectivity index is 2.47. The molecule has 0 saturated carbocycles. The molecule has 2 heteroatoms. The van der Waals surface area contributed by atoms with Crippen LogP contribution in [0.2, 0.25) is 0 Å². The zero-order valence-electron chi connectivity index (χ0n) is 9.20. The molecule has 0 saturated heterocycles. The van der Waals surface area contributed by atoms with Gasteiger partial charge in [0.05, 0.1) is 0 Å². The highest BCUT2D eigenvalue weighted by Gasteiger charge is 2.00. The summed E-state index contributed by atoms with van der Waals surface area (Å²) >= 11 is 0. The smallest absolute Gasteiger partial charge is 0.159 e. The molecule has 0 unspecified atom stereocenters. The van der Waals surface area contributed by atoms with E-state index in [1.807, 2.05) is 24.3 Å². The zero-order chi connectivity index (χ0) is 11.1. The number of carbonyl (C=O) groups excluding carboxylic acids is 1. The molecule has 0 aromatic heterocycles. The van der Waals surface area contributed by atoms with Crippen molar-refractivity contribution in [2.24, 2.45) is 0 Å². The van der Waals surface area contributed by atoms with Crippen molar-refractivity contribution in [1.82, 2.24) is 0 Å². The number of hydrogen-bond donors (Lipinski definition) is 1. The topological polar surface area (TPSA) is 37.3 Å². The Morgan fingerprint density at radius 2 is 2.07 bits per heavy atom. The fourth-order valence-electron chi connectivity index (χ4n) is 1.56. The van der Waals surface area contributed by atoms with Crippen LogP contribution in [0.3, 0.4) is 0 Å². The van der Waals surface area contributed by atoms with Crippen LogP contribution in [-0.2, 0) is 6.42 Å². The zero-order valence-corrected chi connectivity index (χ0v) is 9.20. The van der Waals surface area contributed by atoms with Gasteiger partial charge in [-0.15, -0.1) is 0 Å². The van der Waals surface area contributed by atoms with Crippen molar-refractivity contribution in [2.45, 2.75) is 32.6 Å². The highest BCUT2D eigenvalue weighted by atomic mass is 16.2. The predicted molar refractivity (Wildman–Crippen MR) is 61.1 cm³/mol. The number of aliphatic hydroxyl groups is 1. The minimum Gasteiger partial charge on any atom is -0.396 e. The molecule has 0 aliphatic carbocycles. The van der Waals surface area contributed by atoms with Gasteiger partial charge in [-0.05, 0) is 37.8 Å². The van der Waals surface area contributed by atoms with Crippen LogP contribution in [0, 0.1) is 0 Å². The highest BCUT2D eigenvalue weighted by Crippen LogP contribution is 2.10. The molecule has 0 aliphatic rings. The van der Waals surface area contributed by atoms with E-state index < -0.39 is 0 Å². The molecule has 2 nitrogen and oxygen atoms in total. The molecule has 15 heavy (non-hydrogen) atoms. The van der Waals surface area contributed by atoms with E-state index in [1.165, 1.54) is 5.56 Å². The Bertz CT molecular complexity index is 318. The first-order valence-corrected chi connectivity index (χ1v) is 5.45. The van der Waals surface area contributed by atoms with Crippen LogP contribution in [0.5, 0.6) is 0 Å². The number of unbranched alkanes of at least 4 members (excludes halogenated alkanes) is 2. The van der Waals surface area contributed by atoms with Crippen molar-refractivity contribution >= 4 is 5.78 Å². The molecule has 0 bridgehead atoms. The quantitative estimate of drug-likeness (QED) is 0.574. The number of benzene rings is 1. The second-order valence-electron chi connectivity index (χ2n) is 3.79. The van der Waals surface area contributed by atoms with Gasteiger partial charge in [-0.3, -0.25) is 4.79 Å². The van der Waals surface area contributed by atoms with Crippen molar-refractivity contribution in [3.05, 3.63) is 35.4 Å². The van der Waals surface area contributed by atoms with Crippen LogP contribution in [-0.4, -0.2) is 17.5 Å². The standard InChI is InChI=1S/C13H18O2/c1-11(15)13-8-5-7-12(10-13)6-3-2-4-9-14/h5,7-8,10,14H,2-4,6,9H2,1H3. The summed E-state index contributed by atoms with van der Waals surface area (Å²) in [7, 11) is 0. The fraction of sp³-hybridized carbons (Fsp3) is 0.462. The van der Waals surface area contributed by atoms with Crippen molar-refractivity contribution in [3.63, 3.8) is 0 Å². The van der Waals surface area contributed by atoms with E-state index in [9.17, 15) is 4.79 Å². The number of ketones is 1. The molecule has 0 atom stereocenters. The van der Waals surface area contributed by atoms with Gasteiger partial charge in [0.1, 0.15) is 0 Å². The lowest BCUT2D eigenvalue weighted by atomic mass is 10.0. The van der Waals surface area contributed by atoms with E-state index in [0.717, 1.165) is 31.2 Å². The van der Waals surface area contributed by atoms with Crippen molar-refractivity contribution in [1.29, 1.82) is 0 Å². The number of hydrogen-bond acceptors (Lipinski definition) is 2. The number of carbonyl (C=O) groups is 1. The van der Waals surface area contributed by atoms with E-state index >= 15 is 0 Å².